The summed E-state index contributed by atoms with van der Waals surface area (Å²) in [6.45, 7) is 8.36. The summed E-state index contributed by atoms with van der Waals surface area (Å²) in [6, 6.07) is 39.4. The molecule has 204 valence electrons. The Kier molecular flexibility index (Phi) is 4.60. The van der Waals surface area contributed by atoms with Gasteiger partial charge in [0.05, 0.1) is 33.3 Å². The first-order valence-corrected chi connectivity index (χ1v) is 14.7. The smallest absolute Gasteiger partial charge is 0.457 e. The molecule has 1 spiro atoms. The molecule has 0 bridgehead atoms. The largest absolute Gasteiger partial charge is 0.494 e. The molecular weight excluding hydrogens is 517 g/mol. The van der Waals surface area contributed by atoms with Crippen molar-refractivity contribution >= 4 is 34.4 Å². The monoisotopic (exact) mass is 547 g/mol. The Labute approximate surface area is 245 Å². The first kappa shape index (κ1) is 24.3. The summed E-state index contributed by atoms with van der Waals surface area (Å²) in [5.74, 6) is 1.70. The fourth-order valence-corrected chi connectivity index (χ4v) is 7.47. The van der Waals surface area contributed by atoms with Gasteiger partial charge in [-0.05, 0) is 68.6 Å². The summed E-state index contributed by atoms with van der Waals surface area (Å²) >= 11 is 0. The van der Waals surface area contributed by atoms with Crippen molar-refractivity contribution in [1.29, 1.82) is 0 Å². The number of aromatic nitrogens is 1. The van der Waals surface area contributed by atoms with Gasteiger partial charge in [-0.2, -0.15) is 0 Å². The van der Waals surface area contributed by atoms with Crippen LogP contribution in [-0.2, 0) is 14.7 Å². The predicted molar refractivity (Wildman–Crippen MR) is 168 cm³/mol. The highest BCUT2D eigenvalue weighted by atomic mass is 16.7. The highest BCUT2D eigenvalue weighted by molar-refractivity contribution is 6.62. The molecule has 9 rings (SSSR count). The van der Waals surface area contributed by atoms with Crippen LogP contribution < -0.4 is 10.2 Å². The van der Waals surface area contributed by atoms with Crippen LogP contribution in [0.25, 0.3) is 27.5 Å². The summed E-state index contributed by atoms with van der Waals surface area (Å²) in [4.78, 5) is 0. The van der Waals surface area contributed by atoms with Gasteiger partial charge in [0.1, 0.15) is 11.5 Å². The Morgan fingerprint density at radius 2 is 1.21 bits per heavy atom. The molecule has 0 aliphatic carbocycles. The van der Waals surface area contributed by atoms with E-state index in [1.165, 1.54) is 38.6 Å². The van der Waals surface area contributed by atoms with Crippen molar-refractivity contribution < 1.29 is 14.0 Å². The fraction of sp³-hybridized carbons (Fsp3) is 0.189. The van der Waals surface area contributed by atoms with Crippen molar-refractivity contribution in [3.63, 3.8) is 0 Å². The van der Waals surface area contributed by atoms with Gasteiger partial charge in [0.25, 0.3) is 0 Å². The van der Waals surface area contributed by atoms with Crippen molar-refractivity contribution in [2.45, 2.75) is 44.3 Å². The average Bonchev–Trinajstić information content (AvgIpc) is 3.45. The second kappa shape index (κ2) is 7.94. The normalized spacial score (nSPS) is 20.8. The van der Waals surface area contributed by atoms with Gasteiger partial charge in [0.15, 0.2) is 0 Å². The second-order valence-corrected chi connectivity index (χ2v) is 12.8. The molecule has 1 fully saturated rings. The lowest BCUT2D eigenvalue weighted by Crippen LogP contribution is -2.41. The number of para-hydroxylation sites is 4. The summed E-state index contributed by atoms with van der Waals surface area (Å²) < 4.78 is 22.1. The van der Waals surface area contributed by atoms with E-state index in [0.717, 1.165) is 28.1 Å². The molecular formula is C37H30BNO3. The van der Waals surface area contributed by atoms with E-state index in [4.69, 9.17) is 14.0 Å². The Morgan fingerprint density at radius 3 is 2.05 bits per heavy atom. The zero-order valence-corrected chi connectivity index (χ0v) is 24.1. The maximum atomic E-state index is 6.75. The van der Waals surface area contributed by atoms with Crippen molar-refractivity contribution in [2.24, 2.45) is 0 Å². The zero-order chi connectivity index (χ0) is 28.4. The van der Waals surface area contributed by atoms with Gasteiger partial charge in [-0.1, -0.05) is 84.9 Å². The molecule has 5 aromatic carbocycles. The van der Waals surface area contributed by atoms with Crippen molar-refractivity contribution in [3.05, 3.63) is 131 Å². The SMILES string of the molecule is CC1(C)OB(c2ccc3c(c2)Oc2ccccc2C32c3ccccc3-n3c4ccccc4c4cccc2c43)OC1(C)C. The lowest BCUT2D eigenvalue weighted by atomic mass is 9.61. The summed E-state index contributed by atoms with van der Waals surface area (Å²) in [5, 5.41) is 2.52. The summed E-state index contributed by atoms with van der Waals surface area (Å²) in [6.07, 6.45) is 0. The first-order chi connectivity index (χ1) is 20.3. The van der Waals surface area contributed by atoms with E-state index in [1.54, 1.807) is 0 Å². The number of nitrogens with zero attached hydrogens (tertiary/aromatic N) is 1. The molecule has 1 atom stereocenters. The van der Waals surface area contributed by atoms with Crippen LogP contribution in [0.1, 0.15) is 49.9 Å². The van der Waals surface area contributed by atoms with E-state index in [-0.39, 0.29) is 0 Å². The molecule has 0 radical (unpaired) electrons. The number of ether oxygens (including phenoxy) is 1. The van der Waals surface area contributed by atoms with Crippen molar-refractivity contribution in [2.75, 3.05) is 0 Å². The molecule has 5 heteroatoms. The third-order valence-electron chi connectivity index (χ3n) is 10.1. The maximum absolute atomic E-state index is 6.75. The minimum Gasteiger partial charge on any atom is -0.457 e. The molecule has 3 aliphatic heterocycles. The number of fused-ring (bicyclic) bond motifs is 11. The number of hydrogen-bond acceptors (Lipinski definition) is 3. The van der Waals surface area contributed by atoms with E-state index in [9.17, 15) is 0 Å². The van der Waals surface area contributed by atoms with Gasteiger partial charge in [-0.25, -0.2) is 0 Å². The Balaban J connectivity index is 1.39. The highest BCUT2D eigenvalue weighted by Crippen LogP contribution is 2.60. The third-order valence-corrected chi connectivity index (χ3v) is 10.1. The summed E-state index contributed by atoms with van der Waals surface area (Å²) in [7, 11) is -0.471. The van der Waals surface area contributed by atoms with E-state index >= 15 is 0 Å². The van der Waals surface area contributed by atoms with Crippen LogP contribution in [0.3, 0.4) is 0 Å². The molecule has 0 saturated carbocycles. The Hall–Kier alpha value is -4.32. The lowest BCUT2D eigenvalue weighted by molar-refractivity contribution is 0.00578. The van der Waals surface area contributed by atoms with E-state index in [1.807, 2.05) is 0 Å². The third kappa shape index (κ3) is 2.85. The molecule has 0 amide bonds. The molecule has 1 saturated heterocycles. The fourth-order valence-electron chi connectivity index (χ4n) is 7.47. The molecule has 0 N–H and O–H groups in total. The molecule has 3 aliphatic rings. The van der Waals surface area contributed by atoms with Crippen LogP contribution >= 0.6 is 0 Å². The van der Waals surface area contributed by atoms with Gasteiger partial charge in [-0.15, -0.1) is 0 Å². The van der Waals surface area contributed by atoms with Crippen LogP contribution in [0.2, 0.25) is 0 Å². The van der Waals surface area contributed by atoms with Crippen LogP contribution in [0.15, 0.2) is 109 Å². The number of hydrogen-bond donors (Lipinski definition) is 0. The molecule has 42 heavy (non-hydrogen) atoms. The number of benzene rings is 5. The van der Waals surface area contributed by atoms with Crippen LogP contribution in [0, 0.1) is 0 Å². The lowest BCUT2D eigenvalue weighted by Gasteiger charge is -2.45. The van der Waals surface area contributed by atoms with Gasteiger partial charge in [0.2, 0.25) is 0 Å². The highest BCUT2D eigenvalue weighted by Gasteiger charge is 2.53. The van der Waals surface area contributed by atoms with Crippen molar-refractivity contribution in [3.8, 4) is 17.2 Å². The summed E-state index contributed by atoms with van der Waals surface area (Å²) in [5.41, 5.74) is 7.98. The molecule has 4 heterocycles. The van der Waals surface area contributed by atoms with Gasteiger partial charge < -0.3 is 18.6 Å². The van der Waals surface area contributed by atoms with E-state index < -0.39 is 23.7 Å². The average molecular weight is 547 g/mol. The number of rotatable bonds is 1. The Bertz CT molecular complexity index is 2090. The first-order valence-electron chi connectivity index (χ1n) is 14.7. The molecule has 1 aromatic heterocycles. The topological polar surface area (TPSA) is 32.6 Å². The van der Waals surface area contributed by atoms with Crippen LogP contribution in [-0.4, -0.2) is 22.9 Å². The van der Waals surface area contributed by atoms with Gasteiger partial charge >= 0.3 is 7.12 Å². The zero-order valence-electron chi connectivity index (χ0n) is 24.1. The quantitative estimate of drug-likeness (QED) is 0.196. The second-order valence-electron chi connectivity index (χ2n) is 12.8. The minimum absolute atomic E-state index is 0.423. The Morgan fingerprint density at radius 1 is 0.571 bits per heavy atom. The van der Waals surface area contributed by atoms with Crippen molar-refractivity contribution in [1.82, 2.24) is 4.57 Å². The van der Waals surface area contributed by atoms with Gasteiger partial charge in [-0.3, -0.25) is 0 Å². The maximum Gasteiger partial charge on any atom is 0.494 e. The van der Waals surface area contributed by atoms with Crippen LogP contribution in [0.5, 0.6) is 11.5 Å². The van der Waals surface area contributed by atoms with E-state index in [2.05, 4.69) is 141 Å². The minimum atomic E-state index is -0.570. The van der Waals surface area contributed by atoms with Gasteiger partial charge in [0, 0.05) is 21.9 Å². The van der Waals surface area contributed by atoms with E-state index in [0.29, 0.717) is 0 Å². The molecule has 6 aromatic rings. The standard InChI is InChI=1S/C37H30BNO3/c1-35(2)36(3,4)42-38(41-35)23-20-21-28-33(22-23)40-32-19-10-7-15-27(32)37(28)26-14-6-9-18-31(26)39-30-17-8-5-12-24(30)25-13-11-16-29(37)34(25)39/h5-22H,1-4H3. The molecule has 1 unspecified atom stereocenters. The van der Waals surface area contributed by atoms with Crippen LogP contribution in [0.4, 0.5) is 0 Å². The molecule has 4 nitrogen and oxygen atoms in total. The predicted octanol–water partition coefficient (Wildman–Crippen LogP) is 7.88.